The molecule has 1 heterocycles. The Bertz CT molecular complexity index is 4060. The Kier molecular flexibility index (Phi) is 36.5. The molecule has 2 unspecified atom stereocenters. The molecule has 1 radical (unpaired) electrons. The topological polar surface area (TPSA) is 11.4 Å². The van der Waals surface area contributed by atoms with Crippen LogP contribution in [0.2, 0.25) is 0 Å². The van der Waals surface area contributed by atoms with Gasteiger partial charge in [-0.2, -0.15) is 0 Å². The summed E-state index contributed by atoms with van der Waals surface area (Å²) in [4.78, 5) is 4.72. The molecule has 0 bridgehead atoms. The molecule has 0 fully saturated rings. The summed E-state index contributed by atoms with van der Waals surface area (Å²) in [6.07, 6.45) is 24.6. The van der Waals surface area contributed by atoms with Crippen LogP contribution in [-0.4, -0.2) is 4.57 Å². The first-order chi connectivity index (χ1) is 46.9. The number of aromatic nitrogens is 1. The van der Waals surface area contributed by atoms with Crippen LogP contribution >= 0.6 is 9.90 Å². The molecule has 1 aliphatic rings. The first-order valence-corrected chi connectivity index (χ1v) is 37.2. The predicted octanol–water partition coefficient (Wildman–Crippen LogP) is 27.2. The van der Waals surface area contributed by atoms with Gasteiger partial charge in [0, 0.05) is 85.9 Å². The monoisotopic (exact) mass is 1420 g/mol. The number of hydrogen-bond acceptors (Lipinski definition) is 2. The molecule has 0 saturated heterocycles. The SMILES string of the molecule is C.C.CCC(C)n1c2ccccc2c2ccccc21.CCCCCCCCC1(CCCCCCCC)c2cc(C)ccc2-c2ccc(-c3ccc(N(c4ccc(C)cc4)c4ccc(C(C)CC)cc4)cc3)cc21.CCCCc1ccc(N(c2ccc(C)cc2)c2ccc(C)cc2)cc1.[K+].[PH2-].[V]. The molecular weight excluding hydrogens is 1300 g/mol. The van der Waals surface area contributed by atoms with E-state index in [1.54, 1.807) is 11.1 Å². The van der Waals surface area contributed by atoms with Crippen molar-refractivity contribution in [3.8, 4) is 22.3 Å². The van der Waals surface area contributed by atoms with E-state index in [0.717, 1.165) is 19.3 Å². The van der Waals surface area contributed by atoms with Crippen LogP contribution in [0, 0.1) is 27.7 Å². The first-order valence-electron chi connectivity index (χ1n) is 37.2. The molecule has 0 saturated carbocycles. The van der Waals surface area contributed by atoms with Crippen molar-refractivity contribution in [3.63, 3.8) is 0 Å². The zero-order valence-corrected chi connectivity index (χ0v) is 68.1. The Morgan fingerprint density at radius 1 is 0.366 bits per heavy atom. The fraction of sp³-hybridized carbons (Fsp3) is 0.368. The van der Waals surface area contributed by atoms with E-state index in [-0.39, 0.29) is 100 Å². The standard InChI is InChI=1S/C53H67N.C24H27N.C16H17N.2CH4.K.H2P.V/c1-7-10-12-14-16-18-36-53(37-19-17-15-13-11-8-2)51-38-41(5)22-34-49(51)50-35-27-45(39-52(50)53)44-25-32-48(33-26-44)54(46-28-20-40(4)21-29-46)47-30-23-43(24-31-47)42(6)9-3;1-4-5-6-21-11-17-24(18-12-21)25(22-13-7-19(2)8-14-22)23-15-9-20(3)10-16-23;1-3-12(2)17-15-10-6-4-8-13(15)14-9-5-7-11-16(14)17;;;;;/h20-35,38-39,42H,7-19,36-37H2,1-6H3;7-18H,4-6H2,1-3H3;4-12H,3H2,1-2H3;2*1H4;;1H2;/q;;;;;+1;-1;. The summed E-state index contributed by atoms with van der Waals surface area (Å²) >= 11 is 0. The maximum Gasteiger partial charge on any atom is 1.00 e. The van der Waals surface area contributed by atoms with E-state index in [1.807, 2.05) is 0 Å². The molecule has 12 rings (SSSR count). The number of fused-ring (bicyclic) bond motifs is 6. The Morgan fingerprint density at radius 2 is 0.723 bits per heavy atom. The second-order valence-corrected chi connectivity index (χ2v) is 28.0. The van der Waals surface area contributed by atoms with Gasteiger partial charge >= 0.3 is 51.4 Å². The van der Waals surface area contributed by atoms with Crippen molar-refractivity contribution in [1.29, 1.82) is 0 Å². The minimum atomic E-state index is 0. The second kappa shape index (κ2) is 42.9. The quantitative estimate of drug-likeness (QED) is 0.0275. The molecule has 10 aromatic carbocycles. The summed E-state index contributed by atoms with van der Waals surface area (Å²) in [5.74, 6) is 0.561. The van der Waals surface area contributed by atoms with E-state index in [0.29, 0.717) is 12.0 Å². The van der Waals surface area contributed by atoms with Gasteiger partial charge < -0.3 is 24.3 Å². The molecular formula is C95H121KN3PV. The molecule has 3 nitrogen and oxygen atoms in total. The van der Waals surface area contributed by atoms with Gasteiger partial charge in [0.15, 0.2) is 0 Å². The van der Waals surface area contributed by atoms with Gasteiger partial charge in [-0.3, -0.25) is 0 Å². The van der Waals surface area contributed by atoms with E-state index >= 15 is 0 Å². The summed E-state index contributed by atoms with van der Waals surface area (Å²) in [7, 11) is 0. The van der Waals surface area contributed by atoms with E-state index in [4.69, 9.17) is 0 Å². The molecule has 101 heavy (non-hydrogen) atoms. The van der Waals surface area contributed by atoms with Gasteiger partial charge in [-0.15, -0.1) is 0 Å². The minimum Gasteiger partial charge on any atom is -0.577 e. The average Bonchev–Trinajstić information content (AvgIpc) is 1.57. The van der Waals surface area contributed by atoms with Crippen LogP contribution < -0.4 is 61.2 Å². The predicted molar refractivity (Wildman–Crippen MR) is 444 cm³/mol. The number of anilines is 6. The normalized spacial score (nSPS) is 12.1. The van der Waals surface area contributed by atoms with Crippen LogP contribution in [-0.2, 0) is 30.4 Å². The smallest absolute Gasteiger partial charge is 0.577 e. The Hall–Kier alpha value is -5.75. The van der Waals surface area contributed by atoms with Gasteiger partial charge in [0.05, 0.1) is 0 Å². The largest absolute Gasteiger partial charge is 1.00 e. The maximum atomic E-state index is 2.60. The summed E-state index contributed by atoms with van der Waals surface area (Å²) in [5.41, 5.74) is 26.7. The number of hydrogen-bond donors (Lipinski definition) is 0. The zero-order valence-electron chi connectivity index (χ0n) is 62.4. The Balaban J connectivity index is 0.000000321. The summed E-state index contributed by atoms with van der Waals surface area (Å²) in [5, 5.41) is 2.73. The maximum absolute atomic E-state index is 2.60. The van der Waals surface area contributed by atoms with Crippen molar-refractivity contribution >= 4 is 65.8 Å². The van der Waals surface area contributed by atoms with Crippen molar-refractivity contribution in [2.24, 2.45) is 0 Å². The second-order valence-electron chi connectivity index (χ2n) is 28.0. The molecule has 0 aliphatic heterocycles. The van der Waals surface area contributed by atoms with Gasteiger partial charge in [0.1, 0.15) is 0 Å². The van der Waals surface area contributed by atoms with Crippen molar-refractivity contribution < 1.29 is 69.9 Å². The van der Waals surface area contributed by atoms with Crippen LogP contribution in [0.25, 0.3) is 44.1 Å². The van der Waals surface area contributed by atoms with Gasteiger partial charge in [0.2, 0.25) is 0 Å². The molecule has 0 amide bonds. The fourth-order valence-corrected chi connectivity index (χ4v) is 14.6. The van der Waals surface area contributed by atoms with E-state index < -0.39 is 0 Å². The van der Waals surface area contributed by atoms with Crippen LogP contribution in [0.5, 0.6) is 0 Å². The molecule has 0 N–H and O–H groups in total. The number of rotatable bonds is 28. The van der Waals surface area contributed by atoms with Gasteiger partial charge in [-0.1, -0.05) is 302 Å². The van der Waals surface area contributed by atoms with Crippen molar-refractivity contribution in [3.05, 3.63) is 275 Å². The van der Waals surface area contributed by atoms with Gasteiger partial charge in [0.25, 0.3) is 0 Å². The zero-order chi connectivity index (χ0) is 67.4. The Labute approximate surface area is 671 Å². The van der Waals surface area contributed by atoms with Gasteiger partial charge in [-0.05, 0) is 215 Å². The van der Waals surface area contributed by atoms with Crippen LogP contribution in [0.15, 0.2) is 231 Å². The summed E-state index contributed by atoms with van der Waals surface area (Å²) < 4.78 is 2.46. The Morgan fingerprint density at radius 3 is 1.15 bits per heavy atom. The first kappa shape index (κ1) is 85.9. The van der Waals surface area contributed by atoms with Crippen molar-refractivity contribution in [2.45, 2.75) is 230 Å². The molecule has 0 spiro atoms. The summed E-state index contributed by atoms with van der Waals surface area (Å²) in [6.45, 7) is 24.7. The average molecular weight is 1430 g/mol. The van der Waals surface area contributed by atoms with Crippen LogP contribution in [0.1, 0.15) is 235 Å². The van der Waals surface area contributed by atoms with E-state index in [2.05, 4.69) is 321 Å². The van der Waals surface area contributed by atoms with Gasteiger partial charge in [-0.25, -0.2) is 0 Å². The minimum absolute atomic E-state index is 0. The molecule has 1 aromatic heterocycles. The van der Waals surface area contributed by atoms with Crippen molar-refractivity contribution in [2.75, 3.05) is 9.80 Å². The third-order valence-corrected chi connectivity index (χ3v) is 20.8. The van der Waals surface area contributed by atoms with Crippen molar-refractivity contribution in [1.82, 2.24) is 4.57 Å². The number of benzene rings is 10. The molecule has 1 aliphatic carbocycles. The summed E-state index contributed by atoms with van der Waals surface area (Å²) in [6, 6.07) is 86.6. The van der Waals surface area contributed by atoms with E-state index in [9.17, 15) is 0 Å². The number of para-hydroxylation sites is 2. The third-order valence-electron chi connectivity index (χ3n) is 20.8. The fourth-order valence-electron chi connectivity index (χ4n) is 14.6. The number of aryl methyl sites for hydroxylation is 5. The molecule has 11 aromatic rings. The third kappa shape index (κ3) is 21.7. The molecule has 527 valence electrons. The van der Waals surface area contributed by atoms with Crippen LogP contribution in [0.4, 0.5) is 34.1 Å². The molecule has 2 atom stereocenters. The number of nitrogens with zero attached hydrogens (tertiary/aromatic N) is 3. The van der Waals surface area contributed by atoms with Crippen LogP contribution in [0.3, 0.4) is 0 Å². The number of unbranched alkanes of at least 4 members (excludes halogenated alkanes) is 11. The van der Waals surface area contributed by atoms with E-state index in [1.165, 1.54) is 214 Å². The molecule has 6 heteroatoms.